The molecule has 0 saturated heterocycles. The van der Waals surface area contributed by atoms with Crippen molar-refractivity contribution in [2.75, 3.05) is 18.5 Å². The zero-order valence-corrected chi connectivity index (χ0v) is 11.7. The van der Waals surface area contributed by atoms with E-state index in [4.69, 9.17) is 16.9 Å². The summed E-state index contributed by atoms with van der Waals surface area (Å²) in [6.45, 7) is 2.62. The molecule has 0 bridgehead atoms. The summed E-state index contributed by atoms with van der Waals surface area (Å²) in [4.78, 5) is 2.07. The first-order chi connectivity index (χ1) is 7.60. The van der Waals surface area contributed by atoms with Crippen molar-refractivity contribution in [1.82, 2.24) is 0 Å². The molecular weight excluding hydrogens is 288 g/mol. The van der Waals surface area contributed by atoms with Gasteiger partial charge in [0, 0.05) is 35.2 Å². The molecule has 1 aromatic rings. The SMILES string of the molecule is CC(C#N)CN(C)c1cccc(Cl)c1CBr. The lowest BCUT2D eigenvalue weighted by molar-refractivity contribution is 0.715. The van der Waals surface area contributed by atoms with E-state index in [0.29, 0.717) is 11.9 Å². The number of hydrogen-bond acceptors (Lipinski definition) is 2. The van der Waals surface area contributed by atoms with Crippen LogP contribution in [0.1, 0.15) is 12.5 Å². The van der Waals surface area contributed by atoms with Crippen LogP contribution < -0.4 is 4.90 Å². The lowest BCUT2D eigenvalue weighted by Crippen LogP contribution is -2.24. The van der Waals surface area contributed by atoms with Gasteiger partial charge >= 0.3 is 0 Å². The number of benzene rings is 1. The molecule has 4 heteroatoms. The predicted octanol–water partition coefficient (Wildman–Crippen LogP) is 3.83. The van der Waals surface area contributed by atoms with E-state index < -0.39 is 0 Å². The molecule has 0 aliphatic carbocycles. The average Bonchev–Trinajstić information content (AvgIpc) is 2.28. The van der Waals surface area contributed by atoms with E-state index in [-0.39, 0.29) is 5.92 Å². The Hall–Kier alpha value is -0.720. The molecule has 0 heterocycles. The molecule has 0 aliphatic heterocycles. The number of anilines is 1. The van der Waals surface area contributed by atoms with Crippen LogP contribution in [-0.2, 0) is 5.33 Å². The standard InChI is InChI=1S/C12H14BrClN2/c1-9(7-15)8-16(2)12-5-3-4-11(14)10(12)6-13/h3-5,9H,6,8H2,1-2H3. The van der Waals surface area contributed by atoms with Crippen LogP contribution in [0.2, 0.25) is 5.02 Å². The van der Waals surface area contributed by atoms with Gasteiger partial charge < -0.3 is 4.90 Å². The van der Waals surface area contributed by atoms with Gasteiger partial charge in [0.05, 0.1) is 12.0 Å². The maximum absolute atomic E-state index is 8.80. The predicted molar refractivity (Wildman–Crippen MR) is 72.1 cm³/mol. The molecular formula is C12H14BrClN2. The lowest BCUT2D eigenvalue weighted by Gasteiger charge is -2.23. The summed E-state index contributed by atoms with van der Waals surface area (Å²) >= 11 is 9.56. The van der Waals surface area contributed by atoms with Gasteiger partial charge in [-0.15, -0.1) is 0 Å². The number of alkyl halides is 1. The van der Waals surface area contributed by atoms with Gasteiger partial charge in [0.1, 0.15) is 0 Å². The molecule has 0 radical (unpaired) electrons. The molecule has 0 aliphatic rings. The van der Waals surface area contributed by atoms with Gasteiger partial charge in [-0.25, -0.2) is 0 Å². The molecule has 0 aromatic heterocycles. The largest absolute Gasteiger partial charge is 0.373 e. The maximum Gasteiger partial charge on any atom is 0.0671 e. The molecule has 0 N–H and O–H groups in total. The molecule has 0 saturated carbocycles. The van der Waals surface area contributed by atoms with E-state index in [2.05, 4.69) is 26.9 Å². The molecule has 0 spiro atoms. The first-order valence-electron chi connectivity index (χ1n) is 5.04. The van der Waals surface area contributed by atoms with Crippen LogP contribution in [0.3, 0.4) is 0 Å². The molecule has 0 amide bonds. The van der Waals surface area contributed by atoms with Crippen molar-refractivity contribution in [1.29, 1.82) is 5.26 Å². The fourth-order valence-corrected chi connectivity index (χ4v) is 2.57. The number of nitrogens with zero attached hydrogens (tertiary/aromatic N) is 2. The second kappa shape index (κ2) is 6.12. The summed E-state index contributed by atoms with van der Waals surface area (Å²) in [5, 5.41) is 10.3. The summed E-state index contributed by atoms with van der Waals surface area (Å²) in [5.41, 5.74) is 2.14. The Morgan fingerprint density at radius 2 is 2.25 bits per heavy atom. The normalized spacial score (nSPS) is 11.9. The fraction of sp³-hybridized carbons (Fsp3) is 0.417. The first-order valence-corrected chi connectivity index (χ1v) is 6.54. The quantitative estimate of drug-likeness (QED) is 0.790. The highest BCUT2D eigenvalue weighted by Crippen LogP contribution is 2.29. The summed E-state index contributed by atoms with van der Waals surface area (Å²) in [5.74, 6) is 0.00663. The smallest absolute Gasteiger partial charge is 0.0671 e. The molecule has 0 fully saturated rings. The van der Waals surface area contributed by atoms with Gasteiger partial charge in [-0.2, -0.15) is 5.26 Å². The Bertz CT molecular complexity index is 400. The van der Waals surface area contributed by atoms with Crippen molar-refractivity contribution in [3.05, 3.63) is 28.8 Å². The highest BCUT2D eigenvalue weighted by molar-refractivity contribution is 9.08. The first kappa shape index (κ1) is 13.3. The minimum Gasteiger partial charge on any atom is -0.373 e. The van der Waals surface area contributed by atoms with E-state index in [1.165, 1.54) is 0 Å². The van der Waals surface area contributed by atoms with Gasteiger partial charge in [0.2, 0.25) is 0 Å². The van der Waals surface area contributed by atoms with Crippen molar-refractivity contribution in [2.45, 2.75) is 12.3 Å². The molecule has 1 atom stereocenters. The van der Waals surface area contributed by atoms with E-state index in [9.17, 15) is 0 Å². The Morgan fingerprint density at radius 1 is 1.56 bits per heavy atom. The molecule has 2 nitrogen and oxygen atoms in total. The third-order valence-electron chi connectivity index (χ3n) is 2.41. The summed E-state index contributed by atoms with van der Waals surface area (Å²) in [6, 6.07) is 8.06. The van der Waals surface area contributed by atoms with E-state index in [1.807, 2.05) is 32.2 Å². The van der Waals surface area contributed by atoms with Crippen molar-refractivity contribution >= 4 is 33.2 Å². The minimum absolute atomic E-state index is 0.00663. The molecule has 1 unspecified atom stereocenters. The van der Waals surface area contributed by atoms with Gasteiger partial charge in [-0.1, -0.05) is 33.6 Å². The zero-order valence-electron chi connectivity index (χ0n) is 9.37. The van der Waals surface area contributed by atoms with E-state index in [1.54, 1.807) is 0 Å². The molecule has 1 rings (SSSR count). The second-order valence-electron chi connectivity index (χ2n) is 3.78. The van der Waals surface area contributed by atoms with Gasteiger partial charge in [-0.3, -0.25) is 0 Å². The topological polar surface area (TPSA) is 27.0 Å². The summed E-state index contributed by atoms with van der Waals surface area (Å²) in [7, 11) is 1.98. The fourth-order valence-electron chi connectivity index (χ4n) is 1.59. The van der Waals surface area contributed by atoms with Crippen molar-refractivity contribution < 1.29 is 0 Å². The minimum atomic E-state index is 0.00663. The second-order valence-corrected chi connectivity index (χ2v) is 4.75. The number of rotatable bonds is 4. The van der Waals surface area contributed by atoms with E-state index >= 15 is 0 Å². The molecule has 16 heavy (non-hydrogen) atoms. The van der Waals surface area contributed by atoms with Gasteiger partial charge in [-0.05, 0) is 19.1 Å². The summed E-state index contributed by atoms with van der Waals surface area (Å²) in [6.07, 6.45) is 0. The van der Waals surface area contributed by atoms with Gasteiger partial charge in [0.25, 0.3) is 0 Å². The maximum atomic E-state index is 8.80. The highest BCUT2D eigenvalue weighted by Gasteiger charge is 2.11. The van der Waals surface area contributed by atoms with Crippen LogP contribution in [0.15, 0.2) is 18.2 Å². The van der Waals surface area contributed by atoms with E-state index in [0.717, 1.165) is 16.3 Å². The number of hydrogen-bond donors (Lipinski definition) is 0. The van der Waals surface area contributed by atoms with Crippen LogP contribution in [0.5, 0.6) is 0 Å². The van der Waals surface area contributed by atoms with Crippen molar-refractivity contribution in [3.8, 4) is 6.07 Å². The number of nitriles is 1. The van der Waals surface area contributed by atoms with Gasteiger partial charge in [0.15, 0.2) is 0 Å². The Balaban J connectivity index is 2.95. The zero-order chi connectivity index (χ0) is 12.1. The Morgan fingerprint density at radius 3 is 2.81 bits per heavy atom. The van der Waals surface area contributed by atoms with Crippen LogP contribution >= 0.6 is 27.5 Å². The summed E-state index contributed by atoms with van der Waals surface area (Å²) < 4.78 is 0. The van der Waals surface area contributed by atoms with Crippen LogP contribution in [-0.4, -0.2) is 13.6 Å². The van der Waals surface area contributed by atoms with Crippen molar-refractivity contribution in [2.24, 2.45) is 5.92 Å². The lowest BCUT2D eigenvalue weighted by atomic mass is 10.1. The molecule has 86 valence electrons. The Labute approximate surface area is 110 Å². The number of halogens is 2. The van der Waals surface area contributed by atoms with Crippen LogP contribution in [0.4, 0.5) is 5.69 Å². The monoisotopic (exact) mass is 300 g/mol. The van der Waals surface area contributed by atoms with Crippen LogP contribution in [0.25, 0.3) is 0 Å². The Kier molecular flexibility index (Phi) is 5.11. The molecule has 1 aromatic carbocycles. The van der Waals surface area contributed by atoms with Crippen molar-refractivity contribution in [3.63, 3.8) is 0 Å². The third kappa shape index (κ3) is 3.13. The highest BCUT2D eigenvalue weighted by atomic mass is 79.9. The van der Waals surface area contributed by atoms with Crippen LogP contribution in [0, 0.1) is 17.2 Å². The third-order valence-corrected chi connectivity index (χ3v) is 3.32. The average molecular weight is 302 g/mol.